The summed E-state index contributed by atoms with van der Waals surface area (Å²) in [5.41, 5.74) is 1.06. The Morgan fingerprint density at radius 3 is 2.44 bits per heavy atom. The van der Waals surface area contributed by atoms with E-state index in [4.69, 9.17) is 9.88 Å². The number of hydrogen-bond donors (Lipinski definition) is 1. The average molecular weight is 336 g/mol. The summed E-state index contributed by atoms with van der Waals surface area (Å²) in [6.07, 6.45) is 0.733. The molecule has 6 heteroatoms. The number of hydrogen-bond acceptors (Lipinski definition) is 3. The van der Waals surface area contributed by atoms with Crippen LogP contribution in [0.4, 0.5) is 0 Å². The Bertz CT molecular complexity index is 459. The zero-order valence-corrected chi connectivity index (χ0v) is 12.7. The Morgan fingerprint density at radius 2 is 1.94 bits per heavy atom. The van der Waals surface area contributed by atoms with Crippen molar-refractivity contribution < 1.29 is 13.2 Å². The van der Waals surface area contributed by atoms with Crippen LogP contribution in [0.5, 0.6) is 0 Å². The molecule has 0 spiro atoms. The predicted octanol–water partition coefficient (Wildman–Crippen LogP) is 2.28. The van der Waals surface area contributed by atoms with Gasteiger partial charge in [0.15, 0.2) is 0 Å². The standard InChI is InChI=1S/C12H18BrNO3S/c1-2-10(9-18(14,15)16)7-17-8-11-3-5-12(13)6-4-11/h3-6,10H,2,7-9H2,1H3,(H2,14,15,16). The van der Waals surface area contributed by atoms with Crippen molar-refractivity contribution in [1.29, 1.82) is 0 Å². The average Bonchev–Trinajstić information content (AvgIpc) is 2.29. The van der Waals surface area contributed by atoms with E-state index in [9.17, 15) is 8.42 Å². The zero-order valence-electron chi connectivity index (χ0n) is 10.3. The van der Waals surface area contributed by atoms with Gasteiger partial charge in [0.25, 0.3) is 0 Å². The number of ether oxygens (including phenoxy) is 1. The van der Waals surface area contributed by atoms with Gasteiger partial charge in [0.2, 0.25) is 10.0 Å². The largest absolute Gasteiger partial charge is 0.376 e. The second kappa shape index (κ2) is 7.23. The van der Waals surface area contributed by atoms with E-state index >= 15 is 0 Å². The Labute approximate surface area is 117 Å². The first-order valence-corrected chi connectivity index (χ1v) is 8.24. The molecule has 0 radical (unpaired) electrons. The predicted molar refractivity (Wildman–Crippen MR) is 75.6 cm³/mol. The van der Waals surface area contributed by atoms with E-state index in [2.05, 4.69) is 15.9 Å². The van der Waals surface area contributed by atoms with Gasteiger partial charge in [-0.15, -0.1) is 0 Å². The minimum absolute atomic E-state index is 0.0240. The molecule has 1 aromatic rings. The molecule has 18 heavy (non-hydrogen) atoms. The van der Waals surface area contributed by atoms with Gasteiger partial charge < -0.3 is 4.74 Å². The summed E-state index contributed by atoms with van der Waals surface area (Å²) in [7, 11) is -3.42. The van der Waals surface area contributed by atoms with Gasteiger partial charge >= 0.3 is 0 Å². The third kappa shape index (κ3) is 6.49. The van der Waals surface area contributed by atoms with Crippen LogP contribution in [-0.4, -0.2) is 20.8 Å². The fourth-order valence-electron chi connectivity index (χ4n) is 1.54. The van der Waals surface area contributed by atoms with E-state index in [0.29, 0.717) is 13.2 Å². The Balaban J connectivity index is 2.38. The van der Waals surface area contributed by atoms with Crippen LogP contribution >= 0.6 is 15.9 Å². The van der Waals surface area contributed by atoms with Crippen molar-refractivity contribution >= 4 is 26.0 Å². The summed E-state index contributed by atoms with van der Waals surface area (Å²) >= 11 is 3.36. The summed E-state index contributed by atoms with van der Waals surface area (Å²) < 4.78 is 28.5. The summed E-state index contributed by atoms with van der Waals surface area (Å²) in [5, 5.41) is 5.02. The maximum Gasteiger partial charge on any atom is 0.209 e. The molecule has 0 aliphatic rings. The molecule has 0 bridgehead atoms. The maximum atomic E-state index is 11.0. The lowest BCUT2D eigenvalue weighted by molar-refractivity contribution is 0.0918. The van der Waals surface area contributed by atoms with Crippen molar-refractivity contribution in [2.75, 3.05) is 12.4 Å². The number of nitrogens with two attached hydrogens (primary N) is 1. The van der Waals surface area contributed by atoms with Gasteiger partial charge in [0.05, 0.1) is 19.0 Å². The number of rotatable bonds is 7. The molecule has 0 amide bonds. The number of sulfonamides is 1. The Kier molecular flexibility index (Phi) is 6.28. The zero-order chi connectivity index (χ0) is 13.6. The summed E-state index contributed by atoms with van der Waals surface area (Å²) in [4.78, 5) is 0. The Morgan fingerprint density at radius 1 is 1.33 bits per heavy atom. The van der Waals surface area contributed by atoms with Crippen molar-refractivity contribution in [3.63, 3.8) is 0 Å². The first-order valence-electron chi connectivity index (χ1n) is 5.73. The van der Waals surface area contributed by atoms with E-state index in [-0.39, 0.29) is 11.7 Å². The molecule has 2 N–H and O–H groups in total. The molecule has 0 saturated heterocycles. The molecule has 0 aliphatic heterocycles. The molecule has 1 aromatic carbocycles. The fourth-order valence-corrected chi connectivity index (χ4v) is 2.79. The van der Waals surface area contributed by atoms with Gasteiger partial charge in [-0.05, 0) is 23.6 Å². The van der Waals surface area contributed by atoms with Crippen molar-refractivity contribution in [2.45, 2.75) is 20.0 Å². The number of benzene rings is 1. The van der Waals surface area contributed by atoms with Crippen molar-refractivity contribution in [3.05, 3.63) is 34.3 Å². The van der Waals surface area contributed by atoms with Crippen LogP contribution in [0.3, 0.4) is 0 Å². The number of halogens is 1. The van der Waals surface area contributed by atoms with Gasteiger partial charge in [-0.1, -0.05) is 41.4 Å². The summed E-state index contributed by atoms with van der Waals surface area (Å²) in [5.74, 6) is -0.0699. The minimum Gasteiger partial charge on any atom is -0.376 e. The van der Waals surface area contributed by atoms with E-state index in [1.165, 1.54) is 0 Å². The van der Waals surface area contributed by atoms with Gasteiger partial charge in [0, 0.05) is 4.47 Å². The first-order chi connectivity index (χ1) is 8.40. The highest BCUT2D eigenvalue weighted by Gasteiger charge is 2.14. The van der Waals surface area contributed by atoms with Gasteiger partial charge in [0.1, 0.15) is 0 Å². The normalized spacial score (nSPS) is 13.5. The van der Waals surface area contributed by atoms with Crippen LogP contribution in [0.25, 0.3) is 0 Å². The second-order valence-electron chi connectivity index (χ2n) is 4.25. The molecule has 0 saturated carbocycles. The lowest BCUT2D eigenvalue weighted by atomic mass is 10.1. The molecule has 1 unspecified atom stereocenters. The van der Waals surface area contributed by atoms with E-state index < -0.39 is 10.0 Å². The summed E-state index contributed by atoms with van der Waals surface area (Å²) in [6, 6.07) is 7.82. The van der Waals surface area contributed by atoms with Gasteiger partial charge in [-0.2, -0.15) is 0 Å². The molecule has 4 nitrogen and oxygen atoms in total. The minimum atomic E-state index is -3.42. The monoisotopic (exact) mass is 335 g/mol. The van der Waals surface area contributed by atoms with E-state index in [0.717, 1.165) is 16.5 Å². The molecule has 0 aliphatic carbocycles. The maximum absolute atomic E-state index is 11.0. The highest BCUT2D eigenvalue weighted by molar-refractivity contribution is 9.10. The first kappa shape index (κ1) is 15.6. The lowest BCUT2D eigenvalue weighted by Crippen LogP contribution is -2.25. The smallest absolute Gasteiger partial charge is 0.209 e. The van der Waals surface area contributed by atoms with Crippen LogP contribution in [0.2, 0.25) is 0 Å². The molecular weight excluding hydrogens is 318 g/mol. The van der Waals surface area contributed by atoms with Crippen LogP contribution < -0.4 is 5.14 Å². The third-order valence-electron chi connectivity index (χ3n) is 2.58. The lowest BCUT2D eigenvalue weighted by Gasteiger charge is -2.13. The van der Waals surface area contributed by atoms with E-state index in [1.807, 2.05) is 31.2 Å². The molecule has 0 fully saturated rings. The molecular formula is C12H18BrNO3S. The molecule has 0 heterocycles. The highest BCUT2D eigenvalue weighted by atomic mass is 79.9. The summed E-state index contributed by atoms with van der Waals surface area (Å²) in [6.45, 7) is 2.82. The molecule has 1 atom stereocenters. The topological polar surface area (TPSA) is 69.4 Å². The van der Waals surface area contributed by atoms with Crippen LogP contribution in [0.15, 0.2) is 28.7 Å². The molecule has 102 valence electrons. The van der Waals surface area contributed by atoms with Crippen molar-refractivity contribution in [2.24, 2.45) is 11.1 Å². The molecule has 1 rings (SSSR count). The van der Waals surface area contributed by atoms with Crippen molar-refractivity contribution in [3.8, 4) is 0 Å². The van der Waals surface area contributed by atoms with Gasteiger partial charge in [-0.25, -0.2) is 13.6 Å². The SMILES string of the molecule is CCC(COCc1ccc(Br)cc1)CS(N)(=O)=O. The van der Waals surface area contributed by atoms with Crippen LogP contribution in [0.1, 0.15) is 18.9 Å². The third-order valence-corrected chi connectivity index (χ3v) is 4.05. The second-order valence-corrected chi connectivity index (χ2v) is 6.82. The number of primary sulfonamides is 1. The van der Waals surface area contributed by atoms with Gasteiger partial charge in [-0.3, -0.25) is 0 Å². The highest BCUT2D eigenvalue weighted by Crippen LogP contribution is 2.12. The quantitative estimate of drug-likeness (QED) is 0.830. The molecule has 0 aromatic heterocycles. The van der Waals surface area contributed by atoms with Crippen LogP contribution in [0, 0.1) is 5.92 Å². The Hall–Kier alpha value is -0.430. The van der Waals surface area contributed by atoms with Crippen LogP contribution in [-0.2, 0) is 21.4 Å². The fraction of sp³-hybridized carbons (Fsp3) is 0.500. The van der Waals surface area contributed by atoms with Crippen molar-refractivity contribution in [1.82, 2.24) is 0 Å². The van der Waals surface area contributed by atoms with E-state index in [1.54, 1.807) is 0 Å².